The van der Waals surface area contributed by atoms with Crippen molar-refractivity contribution in [3.8, 4) is 5.75 Å². The Morgan fingerprint density at radius 2 is 1.98 bits per heavy atom. The lowest BCUT2D eigenvalue weighted by Gasteiger charge is -2.45. The number of alkyl halides is 3. The zero-order chi connectivity index (χ0) is 32.7. The quantitative estimate of drug-likeness (QED) is 0.388. The number of hydrogen-bond acceptors (Lipinski definition) is 7. The number of hydrogen-bond donors (Lipinski definition) is 2. The Balaban J connectivity index is 1.36. The first-order chi connectivity index (χ1) is 21.8. The number of allylic oxidation sites excluding steroid dienone is 1. The molecule has 1 saturated carbocycles. The summed E-state index contributed by atoms with van der Waals surface area (Å²) in [6.07, 6.45) is 1.82. The summed E-state index contributed by atoms with van der Waals surface area (Å²) >= 11 is 6.36. The monoisotopic (exact) mass is 682 g/mol. The predicted molar refractivity (Wildman–Crippen MR) is 168 cm³/mol. The van der Waals surface area contributed by atoms with Crippen LogP contribution in [0.2, 0.25) is 5.02 Å². The number of nitrogens with one attached hydrogen (secondary N) is 1. The molecule has 4 aliphatic rings. The Morgan fingerprint density at radius 1 is 1.15 bits per heavy atom. The Morgan fingerprint density at radius 3 is 2.74 bits per heavy atom. The third kappa shape index (κ3) is 7.05. The van der Waals surface area contributed by atoms with Crippen molar-refractivity contribution in [3.05, 3.63) is 70.3 Å². The van der Waals surface area contributed by atoms with Gasteiger partial charge in [0.05, 0.1) is 30.3 Å². The molecule has 8 nitrogen and oxygen atoms in total. The Labute approximate surface area is 271 Å². The van der Waals surface area contributed by atoms with E-state index in [9.17, 15) is 31.5 Å². The van der Waals surface area contributed by atoms with E-state index in [1.165, 1.54) is 17.2 Å². The van der Waals surface area contributed by atoms with Crippen LogP contribution in [0.4, 0.5) is 18.9 Å². The second-order valence-corrected chi connectivity index (χ2v) is 15.4. The van der Waals surface area contributed by atoms with Gasteiger partial charge < -0.3 is 14.7 Å². The van der Waals surface area contributed by atoms with Crippen LogP contribution in [0, 0.1) is 11.8 Å². The zero-order valence-corrected chi connectivity index (χ0v) is 26.8. The molecule has 13 heteroatoms. The average Bonchev–Trinajstić information content (AvgIpc) is 3.12. The van der Waals surface area contributed by atoms with Crippen molar-refractivity contribution in [3.63, 3.8) is 0 Å². The van der Waals surface area contributed by atoms with E-state index in [0.29, 0.717) is 36.2 Å². The van der Waals surface area contributed by atoms with Gasteiger partial charge in [-0.2, -0.15) is 0 Å². The minimum absolute atomic E-state index is 0.0172. The van der Waals surface area contributed by atoms with Gasteiger partial charge in [-0.3, -0.25) is 9.53 Å². The molecule has 250 valence electrons. The number of anilines is 1. The van der Waals surface area contributed by atoms with Crippen molar-refractivity contribution in [2.45, 2.75) is 74.5 Å². The van der Waals surface area contributed by atoms with E-state index in [-0.39, 0.29) is 35.7 Å². The fraction of sp³-hybridized carbons (Fsp3) is 0.545. The normalized spacial score (nSPS) is 30.2. The smallest absolute Gasteiger partial charge is 0.490 e. The fourth-order valence-electron chi connectivity index (χ4n) is 7.50. The number of amides is 1. The summed E-state index contributed by atoms with van der Waals surface area (Å²) in [6.45, 7) is 0.740. The van der Waals surface area contributed by atoms with Crippen molar-refractivity contribution in [2.24, 2.45) is 11.8 Å². The van der Waals surface area contributed by atoms with Crippen LogP contribution in [-0.4, -0.2) is 63.5 Å². The number of carbonyl (C=O) groups excluding carboxylic acids is 1. The van der Waals surface area contributed by atoms with E-state index in [0.717, 1.165) is 32.1 Å². The van der Waals surface area contributed by atoms with E-state index >= 15 is 0 Å². The summed E-state index contributed by atoms with van der Waals surface area (Å²) in [4.78, 5) is 15.6. The highest BCUT2D eigenvalue weighted by Gasteiger charge is 2.44. The van der Waals surface area contributed by atoms with E-state index in [1.807, 2.05) is 12.1 Å². The van der Waals surface area contributed by atoms with Gasteiger partial charge in [0.1, 0.15) is 5.75 Å². The van der Waals surface area contributed by atoms with Crippen molar-refractivity contribution >= 4 is 33.2 Å². The Hall–Kier alpha value is -2.80. The summed E-state index contributed by atoms with van der Waals surface area (Å²) in [5, 5.41) is 10.5. The zero-order valence-electron chi connectivity index (χ0n) is 25.3. The van der Waals surface area contributed by atoms with Crippen LogP contribution in [0.25, 0.3) is 0 Å². The number of fused-ring (bicyclic) bond motifs is 4. The van der Waals surface area contributed by atoms with Gasteiger partial charge in [-0.15, -0.1) is 13.2 Å². The molecule has 2 aromatic carbocycles. The summed E-state index contributed by atoms with van der Waals surface area (Å²) < 4.78 is 77.0. The van der Waals surface area contributed by atoms with E-state index in [2.05, 4.69) is 20.4 Å². The van der Waals surface area contributed by atoms with Crippen molar-refractivity contribution < 1.29 is 41.0 Å². The lowest BCUT2D eigenvalue weighted by atomic mass is 9.68. The first kappa shape index (κ1) is 33.1. The van der Waals surface area contributed by atoms with Crippen molar-refractivity contribution in [1.29, 1.82) is 0 Å². The second kappa shape index (κ2) is 13.0. The molecule has 2 aliphatic heterocycles. The lowest BCUT2D eigenvalue weighted by molar-refractivity contribution is -0.324. The minimum Gasteiger partial charge on any atom is -0.490 e. The number of aliphatic hydroxyl groups is 1. The molecule has 1 amide bonds. The highest BCUT2D eigenvalue weighted by atomic mass is 35.5. The number of rotatable bonds is 3. The number of benzene rings is 2. The number of halogens is 4. The molecular formula is C33H38ClF3N2O6S. The number of ether oxygens (including phenoxy) is 2. The minimum atomic E-state index is -4.91. The fourth-order valence-corrected chi connectivity index (χ4v) is 9.09. The van der Waals surface area contributed by atoms with Crippen molar-refractivity contribution in [2.75, 3.05) is 31.2 Å². The number of aliphatic hydroxyl groups excluding tert-OH is 1. The Bertz CT molecular complexity index is 1600. The van der Waals surface area contributed by atoms with Crippen LogP contribution in [0.5, 0.6) is 5.75 Å². The second-order valence-electron chi connectivity index (χ2n) is 13.0. The molecule has 5 atom stereocenters. The van der Waals surface area contributed by atoms with Gasteiger partial charge in [-0.25, -0.2) is 13.1 Å². The summed E-state index contributed by atoms with van der Waals surface area (Å²) in [7, 11) is -4.39. The van der Waals surface area contributed by atoms with Crippen molar-refractivity contribution in [1.82, 2.24) is 4.72 Å². The topological polar surface area (TPSA) is 105 Å². The third-order valence-corrected chi connectivity index (χ3v) is 12.1. The number of carbonyl (C=O) groups is 1. The van der Waals surface area contributed by atoms with E-state index in [4.69, 9.17) is 16.3 Å². The summed E-state index contributed by atoms with van der Waals surface area (Å²) in [5.41, 5.74) is 2.75. The van der Waals surface area contributed by atoms with Gasteiger partial charge in [0.25, 0.3) is 5.91 Å². The first-order valence-electron chi connectivity index (χ1n) is 15.8. The van der Waals surface area contributed by atoms with Gasteiger partial charge in [-0.05, 0) is 105 Å². The number of nitrogens with zero attached hydrogens (tertiary/aromatic N) is 1. The Kier molecular flexibility index (Phi) is 9.37. The van der Waals surface area contributed by atoms with Crippen LogP contribution >= 0.6 is 11.6 Å². The van der Waals surface area contributed by atoms with Crippen LogP contribution in [0.1, 0.15) is 66.4 Å². The maximum absolute atomic E-state index is 13.4. The van der Waals surface area contributed by atoms with Gasteiger partial charge >= 0.3 is 6.36 Å². The van der Waals surface area contributed by atoms with Gasteiger partial charge in [0.2, 0.25) is 10.0 Å². The highest BCUT2D eigenvalue weighted by molar-refractivity contribution is 7.90. The molecule has 0 saturated heterocycles. The van der Waals surface area contributed by atoms with E-state index < -0.39 is 46.7 Å². The number of aryl methyl sites for hydroxylation is 1. The molecule has 0 aromatic heterocycles. The molecule has 2 aliphatic carbocycles. The molecule has 2 heterocycles. The molecule has 0 unspecified atom stereocenters. The van der Waals surface area contributed by atoms with Crippen LogP contribution < -0.4 is 14.4 Å². The van der Waals surface area contributed by atoms with Crippen LogP contribution in [-0.2, 0) is 26.6 Å². The highest BCUT2D eigenvalue weighted by Crippen LogP contribution is 2.46. The number of sulfonamides is 1. The summed E-state index contributed by atoms with van der Waals surface area (Å²) in [5.74, 6) is -0.164. The molecule has 2 N–H and O–H groups in total. The van der Waals surface area contributed by atoms with Gasteiger partial charge in [-0.1, -0.05) is 29.8 Å². The molecule has 1 spiro atoms. The maximum atomic E-state index is 13.4. The molecular weight excluding hydrogens is 645 g/mol. The van der Waals surface area contributed by atoms with Crippen LogP contribution in [0.15, 0.2) is 48.6 Å². The average molecular weight is 683 g/mol. The van der Waals surface area contributed by atoms with E-state index in [1.54, 1.807) is 24.3 Å². The first-order valence-corrected chi connectivity index (χ1v) is 17.7. The molecule has 46 heavy (non-hydrogen) atoms. The molecule has 6 rings (SSSR count). The lowest BCUT2D eigenvalue weighted by Crippen LogP contribution is -2.49. The summed E-state index contributed by atoms with van der Waals surface area (Å²) in [6, 6.07) is 10.8. The maximum Gasteiger partial charge on any atom is 0.522 e. The standard InChI is InChI=1S/C33H38ClF3N2O6S/c34-24-9-11-27-21(16-24)4-3-14-32(27)19-39-18-23-7-10-26(23)29(40)6-2-1-5-25(13-15-45-33(35,36)37)46(42,43)38-31(41)22-8-12-30(44-20-32)28(39)17-22/h2,6,8-9,11-12,16-17,23,25-26,29,40H,1,3-5,7,10,13-15,18-20H2,(H,38,41)/b6-2-/t23-,25-,26+,29-,32-/m0/s1. The molecule has 1 fully saturated rings. The predicted octanol–water partition coefficient (Wildman–Crippen LogP) is 5.90. The van der Waals surface area contributed by atoms with Crippen LogP contribution in [0.3, 0.4) is 0 Å². The third-order valence-electron chi connectivity index (χ3n) is 10.0. The SMILES string of the molecule is O=C1NS(=O)(=O)[C@H](CCOC(F)(F)F)CC/C=C\[C@H](O)[C@@H]2CC[C@H]2CN2C[C@@]3(CCCc4cc(Cl)ccc43)COc3ccc1cc32. The molecule has 2 bridgehead atoms. The molecule has 0 radical (unpaired) electrons. The van der Waals surface area contributed by atoms with Gasteiger partial charge in [0.15, 0.2) is 0 Å². The van der Waals surface area contributed by atoms with Gasteiger partial charge in [0, 0.05) is 29.1 Å². The molecule has 2 aromatic rings. The largest absolute Gasteiger partial charge is 0.522 e.